The van der Waals surface area contributed by atoms with Crippen LogP contribution in [-0.4, -0.2) is 11.0 Å². The molecule has 2 rings (SSSR count). The number of aromatic hydroxyl groups is 1. The van der Waals surface area contributed by atoms with E-state index in [0.29, 0.717) is 6.54 Å². The molecule has 1 amide bonds. The van der Waals surface area contributed by atoms with Crippen molar-refractivity contribution in [2.75, 3.05) is 0 Å². The molecule has 2 N–H and O–H groups in total. The molecular weight excluding hydrogens is 226 g/mol. The minimum atomic E-state index is -0.0370. The van der Waals surface area contributed by atoms with E-state index >= 15 is 0 Å². The first kappa shape index (κ1) is 12.2. The molecule has 2 aromatic carbocycles. The van der Waals surface area contributed by atoms with Crippen molar-refractivity contribution in [1.82, 2.24) is 5.32 Å². The number of nitrogens with one attached hydrogen (secondary N) is 1. The Balaban J connectivity index is 2.21. The summed E-state index contributed by atoms with van der Waals surface area (Å²) in [6.07, 6.45) is 0. The van der Waals surface area contributed by atoms with Crippen molar-refractivity contribution in [1.29, 1.82) is 0 Å². The highest BCUT2D eigenvalue weighted by molar-refractivity contribution is 5.73. The molecule has 0 spiro atoms. The van der Waals surface area contributed by atoms with Gasteiger partial charge in [0.05, 0.1) is 0 Å². The molecule has 0 aliphatic heterocycles. The minimum Gasteiger partial charge on any atom is -0.508 e. The normalized spacial score (nSPS) is 10.1. The average Bonchev–Trinajstić information content (AvgIpc) is 2.37. The Morgan fingerprint density at radius 3 is 2.50 bits per heavy atom. The van der Waals surface area contributed by atoms with Gasteiger partial charge in [0, 0.05) is 13.5 Å². The Bertz CT molecular complexity index is 547. The predicted octanol–water partition coefficient (Wildman–Crippen LogP) is 2.70. The fourth-order valence-electron chi connectivity index (χ4n) is 1.74. The third-order valence-corrected chi connectivity index (χ3v) is 2.67. The molecule has 3 heteroatoms. The zero-order valence-corrected chi connectivity index (χ0v) is 10.2. The van der Waals surface area contributed by atoms with Gasteiger partial charge in [-0.3, -0.25) is 4.79 Å². The lowest BCUT2D eigenvalue weighted by Gasteiger charge is -2.06. The molecule has 0 atom stereocenters. The second-order valence-electron chi connectivity index (χ2n) is 4.16. The van der Waals surface area contributed by atoms with Crippen LogP contribution < -0.4 is 5.32 Å². The fraction of sp³-hybridized carbons (Fsp3) is 0.133. The average molecular weight is 241 g/mol. The van der Waals surface area contributed by atoms with Gasteiger partial charge in [0.2, 0.25) is 5.91 Å². The molecular formula is C15H15NO2. The second kappa shape index (κ2) is 5.36. The second-order valence-corrected chi connectivity index (χ2v) is 4.16. The molecule has 0 radical (unpaired) electrons. The number of amides is 1. The van der Waals surface area contributed by atoms with Gasteiger partial charge in [-0.2, -0.15) is 0 Å². The van der Waals surface area contributed by atoms with Gasteiger partial charge in [-0.15, -0.1) is 0 Å². The lowest BCUT2D eigenvalue weighted by molar-refractivity contribution is -0.119. The van der Waals surface area contributed by atoms with E-state index in [9.17, 15) is 9.90 Å². The maximum atomic E-state index is 10.9. The van der Waals surface area contributed by atoms with Crippen LogP contribution in [0.25, 0.3) is 11.1 Å². The van der Waals surface area contributed by atoms with Crippen LogP contribution in [0.1, 0.15) is 12.5 Å². The molecule has 0 aliphatic rings. The van der Waals surface area contributed by atoms with E-state index in [-0.39, 0.29) is 11.7 Å². The number of hydrogen-bond acceptors (Lipinski definition) is 2. The molecule has 0 heterocycles. The fourth-order valence-corrected chi connectivity index (χ4v) is 1.74. The smallest absolute Gasteiger partial charge is 0.217 e. The van der Waals surface area contributed by atoms with Gasteiger partial charge in [0.25, 0.3) is 0 Å². The quantitative estimate of drug-likeness (QED) is 0.868. The Labute approximate surface area is 106 Å². The summed E-state index contributed by atoms with van der Waals surface area (Å²) < 4.78 is 0. The largest absolute Gasteiger partial charge is 0.508 e. The lowest BCUT2D eigenvalue weighted by atomic mass is 10.0. The molecule has 0 saturated carbocycles. The third-order valence-electron chi connectivity index (χ3n) is 2.67. The summed E-state index contributed by atoms with van der Waals surface area (Å²) >= 11 is 0. The van der Waals surface area contributed by atoms with Crippen LogP contribution in [0, 0.1) is 0 Å². The molecule has 0 bridgehead atoms. The first-order valence-corrected chi connectivity index (χ1v) is 5.78. The van der Waals surface area contributed by atoms with Crippen molar-refractivity contribution in [2.45, 2.75) is 13.5 Å². The van der Waals surface area contributed by atoms with Crippen LogP contribution in [-0.2, 0) is 11.3 Å². The van der Waals surface area contributed by atoms with Crippen LogP contribution in [0.15, 0.2) is 48.5 Å². The van der Waals surface area contributed by atoms with Crippen molar-refractivity contribution in [3.63, 3.8) is 0 Å². The summed E-state index contributed by atoms with van der Waals surface area (Å²) in [5.74, 6) is 0.221. The number of phenolic OH excluding ortho intramolecular Hbond substituents is 1. The van der Waals surface area contributed by atoms with Gasteiger partial charge in [-0.05, 0) is 34.9 Å². The van der Waals surface area contributed by atoms with E-state index < -0.39 is 0 Å². The molecule has 0 aromatic heterocycles. The first-order chi connectivity index (χ1) is 8.65. The monoisotopic (exact) mass is 241 g/mol. The summed E-state index contributed by atoms with van der Waals surface area (Å²) in [6.45, 7) is 2.03. The molecule has 18 heavy (non-hydrogen) atoms. The van der Waals surface area contributed by atoms with E-state index in [4.69, 9.17) is 0 Å². The molecule has 0 saturated heterocycles. The summed E-state index contributed by atoms with van der Waals surface area (Å²) in [5, 5.41) is 12.0. The van der Waals surface area contributed by atoms with Gasteiger partial charge in [0.15, 0.2) is 0 Å². The zero-order chi connectivity index (χ0) is 13.0. The Hall–Kier alpha value is -2.29. The van der Waals surface area contributed by atoms with Crippen molar-refractivity contribution >= 4 is 5.91 Å². The number of rotatable bonds is 3. The van der Waals surface area contributed by atoms with Crippen LogP contribution in [0.5, 0.6) is 5.75 Å². The van der Waals surface area contributed by atoms with E-state index in [1.165, 1.54) is 6.92 Å². The maximum absolute atomic E-state index is 10.9. The zero-order valence-electron chi connectivity index (χ0n) is 10.2. The van der Waals surface area contributed by atoms with Crippen molar-refractivity contribution < 1.29 is 9.90 Å². The molecule has 3 nitrogen and oxygen atoms in total. The van der Waals surface area contributed by atoms with Crippen LogP contribution >= 0.6 is 0 Å². The Morgan fingerprint density at radius 1 is 1.11 bits per heavy atom. The number of carbonyl (C=O) groups is 1. The number of phenols is 1. The molecule has 0 unspecified atom stereocenters. The standard InChI is InChI=1S/C15H15NO2/c1-11(17)16-10-12-3-2-4-14(9-12)13-5-7-15(18)8-6-13/h2-9,18H,10H2,1H3,(H,16,17). The minimum absolute atomic E-state index is 0.0370. The van der Waals surface area contributed by atoms with Crippen molar-refractivity contribution in [3.05, 3.63) is 54.1 Å². The van der Waals surface area contributed by atoms with Gasteiger partial charge < -0.3 is 10.4 Å². The van der Waals surface area contributed by atoms with Crippen molar-refractivity contribution in [3.8, 4) is 16.9 Å². The highest BCUT2D eigenvalue weighted by Gasteiger charge is 2.00. The summed E-state index contributed by atoms with van der Waals surface area (Å²) in [7, 11) is 0. The Kier molecular flexibility index (Phi) is 3.63. The number of carbonyl (C=O) groups excluding carboxylic acids is 1. The molecule has 2 aromatic rings. The van der Waals surface area contributed by atoms with Crippen LogP contribution in [0.4, 0.5) is 0 Å². The highest BCUT2D eigenvalue weighted by atomic mass is 16.3. The third kappa shape index (κ3) is 3.10. The Morgan fingerprint density at radius 2 is 1.83 bits per heavy atom. The van der Waals surface area contributed by atoms with Gasteiger partial charge in [0.1, 0.15) is 5.75 Å². The molecule has 0 fully saturated rings. The molecule has 0 aliphatic carbocycles. The van der Waals surface area contributed by atoms with Crippen LogP contribution in [0.2, 0.25) is 0 Å². The topological polar surface area (TPSA) is 49.3 Å². The highest BCUT2D eigenvalue weighted by Crippen LogP contribution is 2.22. The number of hydrogen-bond donors (Lipinski definition) is 2. The lowest BCUT2D eigenvalue weighted by Crippen LogP contribution is -2.18. The van der Waals surface area contributed by atoms with Gasteiger partial charge in [-0.25, -0.2) is 0 Å². The summed E-state index contributed by atoms with van der Waals surface area (Å²) in [4.78, 5) is 10.9. The summed E-state index contributed by atoms with van der Waals surface area (Å²) in [5.41, 5.74) is 3.16. The number of benzene rings is 2. The van der Waals surface area contributed by atoms with E-state index in [1.54, 1.807) is 12.1 Å². The van der Waals surface area contributed by atoms with E-state index in [1.807, 2.05) is 36.4 Å². The van der Waals surface area contributed by atoms with E-state index in [2.05, 4.69) is 5.32 Å². The maximum Gasteiger partial charge on any atom is 0.217 e. The molecule has 92 valence electrons. The predicted molar refractivity (Wildman–Crippen MR) is 71.1 cm³/mol. The van der Waals surface area contributed by atoms with Gasteiger partial charge in [-0.1, -0.05) is 30.3 Å². The first-order valence-electron chi connectivity index (χ1n) is 5.78. The van der Waals surface area contributed by atoms with Crippen molar-refractivity contribution in [2.24, 2.45) is 0 Å². The van der Waals surface area contributed by atoms with Gasteiger partial charge >= 0.3 is 0 Å². The summed E-state index contributed by atoms with van der Waals surface area (Å²) in [6, 6.07) is 15.0. The SMILES string of the molecule is CC(=O)NCc1cccc(-c2ccc(O)cc2)c1. The van der Waals surface area contributed by atoms with E-state index in [0.717, 1.165) is 16.7 Å². The van der Waals surface area contributed by atoms with Crippen LogP contribution in [0.3, 0.4) is 0 Å².